The fourth-order valence-electron chi connectivity index (χ4n) is 6.53. The maximum Gasteiger partial charge on any atom is 0.195 e. The second-order valence-electron chi connectivity index (χ2n) is 11.3. The van der Waals surface area contributed by atoms with Crippen LogP contribution in [0.5, 0.6) is 5.75 Å². The molecule has 1 aromatic heterocycles. The van der Waals surface area contributed by atoms with Crippen LogP contribution in [0.1, 0.15) is 59.4 Å². The molecule has 2 saturated heterocycles. The third-order valence-electron chi connectivity index (χ3n) is 8.71. The van der Waals surface area contributed by atoms with E-state index in [-0.39, 0.29) is 5.78 Å². The van der Waals surface area contributed by atoms with Gasteiger partial charge in [0, 0.05) is 66.9 Å². The molecule has 8 nitrogen and oxygen atoms in total. The van der Waals surface area contributed by atoms with Gasteiger partial charge in [-0.25, -0.2) is 0 Å². The highest BCUT2D eigenvalue weighted by Gasteiger charge is 2.41. The third-order valence-corrected chi connectivity index (χ3v) is 8.71. The second kappa shape index (κ2) is 10.3. The van der Waals surface area contributed by atoms with Crippen LogP contribution in [0, 0.1) is 11.3 Å². The lowest BCUT2D eigenvalue weighted by Gasteiger charge is -2.41. The van der Waals surface area contributed by atoms with Crippen LogP contribution in [-0.2, 0) is 14.9 Å². The molecule has 0 radical (unpaired) electrons. The normalized spacial score (nSPS) is 19.5. The van der Waals surface area contributed by atoms with Crippen molar-refractivity contribution in [1.29, 1.82) is 5.26 Å². The number of carbonyl (C=O) groups is 1. The number of aromatic amines is 1. The summed E-state index contributed by atoms with van der Waals surface area (Å²) >= 11 is 0. The number of rotatable bonds is 6. The van der Waals surface area contributed by atoms with Gasteiger partial charge in [-0.3, -0.25) is 9.69 Å². The zero-order valence-corrected chi connectivity index (χ0v) is 23.0. The van der Waals surface area contributed by atoms with Crippen molar-refractivity contribution >= 4 is 22.4 Å². The molecule has 0 atom stereocenters. The first-order chi connectivity index (χ1) is 18.9. The number of hydrogen-bond donors (Lipinski definition) is 1. The van der Waals surface area contributed by atoms with Crippen LogP contribution in [0.15, 0.2) is 30.3 Å². The minimum atomic E-state index is -0.434. The molecule has 3 heterocycles. The smallest absolute Gasteiger partial charge is 0.195 e. The summed E-state index contributed by atoms with van der Waals surface area (Å²) in [6, 6.07) is 12.4. The fraction of sp³-hybridized carbons (Fsp3) is 0.484. The van der Waals surface area contributed by atoms with E-state index >= 15 is 0 Å². The Morgan fingerprint density at radius 1 is 1.10 bits per heavy atom. The van der Waals surface area contributed by atoms with Gasteiger partial charge in [0.2, 0.25) is 0 Å². The maximum atomic E-state index is 14.0. The Labute approximate surface area is 229 Å². The van der Waals surface area contributed by atoms with Gasteiger partial charge in [0.15, 0.2) is 5.78 Å². The molecule has 2 fully saturated rings. The van der Waals surface area contributed by atoms with Crippen molar-refractivity contribution in [1.82, 2.24) is 9.88 Å². The average Bonchev–Trinajstić information content (AvgIpc) is 3.37. The van der Waals surface area contributed by atoms with Crippen LogP contribution in [0.25, 0.3) is 10.9 Å². The largest absolute Gasteiger partial charge is 0.489 e. The van der Waals surface area contributed by atoms with E-state index in [0.29, 0.717) is 35.9 Å². The Morgan fingerprint density at radius 2 is 1.87 bits per heavy atom. The van der Waals surface area contributed by atoms with Gasteiger partial charge in [-0.1, -0.05) is 19.9 Å². The van der Waals surface area contributed by atoms with E-state index in [0.717, 1.165) is 85.8 Å². The Bertz CT molecular complexity index is 1440. The Balaban J connectivity index is 1.38. The lowest BCUT2D eigenvalue weighted by Crippen LogP contribution is -2.49. The van der Waals surface area contributed by atoms with Crippen LogP contribution >= 0.6 is 0 Å². The Kier molecular flexibility index (Phi) is 6.84. The summed E-state index contributed by atoms with van der Waals surface area (Å²) in [5.41, 5.74) is 5.25. The van der Waals surface area contributed by atoms with Crippen LogP contribution in [0.3, 0.4) is 0 Å². The van der Waals surface area contributed by atoms with Gasteiger partial charge in [0.25, 0.3) is 0 Å². The van der Waals surface area contributed by atoms with Gasteiger partial charge in [0.1, 0.15) is 12.4 Å². The number of piperidine rings is 1. The number of ether oxygens (including phenoxy) is 3. The number of carbonyl (C=O) groups excluding carboxylic acids is 1. The quantitative estimate of drug-likeness (QED) is 0.479. The monoisotopic (exact) mass is 528 g/mol. The minimum absolute atomic E-state index is 0.00977. The zero-order chi connectivity index (χ0) is 27.1. The number of hydrogen-bond acceptors (Lipinski definition) is 7. The molecule has 3 aromatic rings. The van der Waals surface area contributed by atoms with E-state index in [1.165, 1.54) is 0 Å². The summed E-state index contributed by atoms with van der Waals surface area (Å²) in [7, 11) is 1.66. The number of methoxy groups -OCH3 is 1. The van der Waals surface area contributed by atoms with Crippen molar-refractivity contribution in [2.45, 2.75) is 38.1 Å². The third kappa shape index (κ3) is 4.49. The van der Waals surface area contributed by atoms with Crippen molar-refractivity contribution in [3.05, 3.63) is 58.3 Å². The number of fused-ring (bicyclic) bond motifs is 4. The summed E-state index contributed by atoms with van der Waals surface area (Å²) < 4.78 is 17.1. The van der Waals surface area contributed by atoms with E-state index in [9.17, 15) is 10.1 Å². The number of anilines is 1. The second-order valence-corrected chi connectivity index (χ2v) is 11.3. The zero-order valence-electron chi connectivity index (χ0n) is 23.0. The molecule has 0 bridgehead atoms. The van der Waals surface area contributed by atoms with Crippen LogP contribution in [0.4, 0.5) is 5.69 Å². The molecule has 6 rings (SSSR count). The number of nitrogens with zero attached hydrogens (tertiary/aromatic N) is 3. The SMILES string of the molecule is COCCOc1cc2c(cc1N1CCC(N3CCOCC3)CC1)C(C)(C)c1[nH]c3cc(C#N)ccc3c1C2=O. The lowest BCUT2D eigenvalue weighted by atomic mass is 9.71. The predicted molar refractivity (Wildman–Crippen MR) is 150 cm³/mol. The van der Waals surface area contributed by atoms with Gasteiger partial charge in [-0.15, -0.1) is 0 Å². The molecule has 0 unspecified atom stereocenters. The fourth-order valence-corrected chi connectivity index (χ4v) is 6.53. The molecule has 1 N–H and O–H groups in total. The van der Waals surface area contributed by atoms with Gasteiger partial charge < -0.3 is 24.1 Å². The number of H-pyrrole nitrogens is 1. The summed E-state index contributed by atoms with van der Waals surface area (Å²) in [6.45, 7) is 10.7. The Morgan fingerprint density at radius 3 is 2.59 bits per heavy atom. The molecule has 3 aliphatic rings. The molecular formula is C31H36N4O4. The average molecular weight is 529 g/mol. The molecule has 0 amide bonds. The van der Waals surface area contributed by atoms with Gasteiger partial charge in [-0.2, -0.15) is 5.26 Å². The predicted octanol–water partition coefficient (Wildman–Crippen LogP) is 4.24. The van der Waals surface area contributed by atoms with Crippen LogP contribution < -0.4 is 9.64 Å². The number of benzene rings is 2. The number of aromatic nitrogens is 1. The number of morpholine rings is 1. The molecule has 2 aromatic carbocycles. The van der Waals surface area contributed by atoms with Crippen molar-refractivity contribution in [3.63, 3.8) is 0 Å². The van der Waals surface area contributed by atoms with E-state index in [1.54, 1.807) is 13.2 Å². The highest BCUT2D eigenvalue weighted by Crippen LogP contribution is 2.47. The minimum Gasteiger partial charge on any atom is -0.489 e. The standard InChI is InChI=1S/C31H36N4O4/c1-31(2)24-18-26(35-8-6-21(7-9-35)34-10-12-38-13-11-34)27(39-15-14-37-3)17-23(24)29(36)28-22-5-4-20(19-32)16-25(22)33-30(28)31/h4-5,16-18,21,33H,6-15H2,1-3H3. The van der Waals surface area contributed by atoms with Crippen molar-refractivity contribution in [3.8, 4) is 11.8 Å². The first-order valence-electron chi connectivity index (χ1n) is 13.9. The summed E-state index contributed by atoms with van der Waals surface area (Å²) in [5, 5.41) is 10.2. The van der Waals surface area contributed by atoms with Gasteiger partial charge in [-0.05, 0) is 42.7 Å². The van der Waals surface area contributed by atoms with Crippen molar-refractivity contribution < 1.29 is 19.0 Å². The lowest BCUT2D eigenvalue weighted by molar-refractivity contribution is 0.0115. The van der Waals surface area contributed by atoms with Crippen molar-refractivity contribution in [2.24, 2.45) is 0 Å². The Hall–Kier alpha value is -3.38. The first kappa shape index (κ1) is 25.9. The molecule has 2 aliphatic heterocycles. The summed E-state index contributed by atoms with van der Waals surface area (Å²) in [6.07, 6.45) is 2.18. The molecule has 8 heteroatoms. The highest BCUT2D eigenvalue weighted by molar-refractivity contribution is 6.20. The van der Waals surface area contributed by atoms with Gasteiger partial charge in [0.05, 0.1) is 42.7 Å². The van der Waals surface area contributed by atoms with Gasteiger partial charge >= 0.3 is 0 Å². The highest BCUT2D eigenvalue weighted by atomic mass is 16.5. The van der Waals surface area contributed by atoms with Crippen LogP contribution in [0.2, 0.25) is 0 Å². The first-order valence-corrected chi connectivity index (χ1v) is 13.9. The van der Waals surface area contributed by atoms with Crippen molar-refractivity contribution in [2.75, 3.05) is 64.6 Å². The van der Waals surface area contributed by atoms with E-state index in [4.69, 9.17) is 14.2 Å². The summed E-state index contributed by atoms with van der Waals surface area (Å²) in [4.78, 5) is 22.5. The number of nitrogens with one attached hydrogen (secondary N) is 1. The van der Waals surface area contributed by atoms with E-state index in [1.807, 2.05) is 18.2 Å². The molecular weight excluding hydrogens is 492 g/mol. The maximum absolute atomic E-state index is 14.0. The summed E-state index contributed by atoms with van der Waals surface area (Å²) in [5.74, 6) is 0.722. The molecule has 0 spiro atoms. The van der Waals surface area contributed by atoms with Crippen LogP contribution in [-0.4, -0.2) is 81.4 Å². The molecule has 39 heavy (non-hydrogen) atoms. The molecule has 0 saturated carbocycles. The molecule has 204 valence electrons. The van der Waals surface area contributed by atoms with E-state index in [2.05, 4.69) is 40.8 Å². The topological polar surface area (TPSA) is 90.8 Å². The number of nitriles is 1. The molecule has 1 aliphatic carbocycles. The van der Waals surface area contributed by atoms with E-state index < -0.39 is 5.41 Å². The number of ketones is 1.